The first-order valence-electron chi connectivity index (χ1n) is 5.25. The number of halogens is 1. The van der Waals surface area contributed by atoms with Crippen LogP contribution in [0.1, 0.15) is 29.9 Å². The van der Waals surface area contributed by atoms with Gasteiger partial charge in [0.2, 0.25) is 0 Å². The molecule has 0 spiro atoms. The van der Waals surface area contributed by atoms with E-state index in [0.29, 0.717) is 5.92 Å². The Balaban J connectivity index is 2.07. The van der Waals surface area contributed by atoms with Crippen molar-refractivity contribution in [2.24, 2.45) is 0 Å². The van der Waals surface area contributed by atoms with Crippen molar-refractivity contribution in [2.75, 3.05) is 13.1 Å². The Labute approximate surface area is 84.3 Å². The molecule has 0 bridgehead atoms. The van der Waals surface area contributed by atoms with Gasteiger partial charge in [0.15, 0.2) is 0 Å². The van der Waals surface area contributed by atoms with Crippen molar-refractivity contribution in [1.82, 2.24) is 5.32 Å². The summed E-state index contributed by atoms with van der Waals surface area (Å²) in [6, 6.07) is 7.95. The molecule has 0 atom stereocenters. The van der Waals surface area contributed by atoms with Gasteiger partial charge in [-0.25, -0.2) is 4.39 Å². The third-order valence-corrected chi connectivity index (χ3v) is 2.94. The summed E-state index contributed by atoms with van der Waals surface area (Å²) in [6.07, 6.45) is 2.41. The summed E-state index contributed by atoms with van der Waals surface area (Å²) in [7, 11) is 0. The van der Waals surface area contributed by atoms with Gasteiger partial charge >= 0.3 is 0 Å². The summed E-state index contributed by atoms with van der Waals surface area (Å²) in [5, 5.41) is 3.35. The minimum Gasteiger partial charge on any atom is -0.317 e. The lowest BCUT2D eigenvalue weighted by atomic mass is 9.90. The van der Waals surface area contributed by atoms with Crippen LogP contribution in [0.5, 0.6) is 0 Å². The van der Waals surface area contributed by atoms with Gasteiger partial charge in [0.05, 0.1) is 0 Å². The second-order valence-electron chi connectivity index (χ2n) is 3.90. The van der Waals surface area contributed by atoms with E-state index in [1.165, 1.54) is 18.4 Å². The lowest BCUT2D eigenvalue weighted by Crippen LogP contribution is -2.26. The van der Waals surface area contributed by atoms with Gasteiger partial charge in [-0.2, -0.15) is 0 Å². The van der Waals surface area contributed by atoms with Gasteiger partial charge in [0, 0.05) is 0 Å². The summed E-state index contributed by atoms with van der Waals surface area (Å²) in [4.78, 5) is 0. The molecule has 0 saturated carbocycles. The number of rotatable bonds is 2. The standard InChI is InChI=1S/C12H16FN/c13-9-10-1-3-11(4-2-10)12-5-7-14-8-6-12/h1-4,12,14H,5-9H2. The SMILES string of the molecule is FCc1ccc(C2CCNCC2)cc1. The van der Waals surface area contributed by atoms with Gasteiger partial charge in [-0.05, 0) is 43.0 Å². The van der Waals surface area contributed by atoms with E-state index in [9.17, 15) is 4.39 Å². The summed E-state index contributed by atoms with van der Waals surface area (Å²) in [5.41, 5.74) is 2.14. The van der Waals surface area contributed by atoms with Gasteiger partial charge in [-0.3, -0.25) is 0 Å². The van der Waals surface area contributed by atoms with Crippen LogP contribution in [0.15, 0.2) is 24.3 Å². The van der Waals surface area contributed by atoms with Crippen LogP contribution < -0.4 is 5.32 Å². The van der Waals surface area contributed by atoms with Crippen LogP contribution in [-0.4, -0.2) is 13.1 Å². The highest BCUT2D eigenvalue weighted by Crippen LogP contribution is 2.25. The number of hydrogen-bond donors (Lipinski definition) is 1. The van der Waals surface area contributed by atoms with E-state index in [-0.39, 0.29) is 6.67 Å². The topological polar surface area (TPSA) is 12.0 Å². The monoisotopic (exact) mass is 193 g/mol. The van der Waals surface area contributed by atoms with Crippen molar-refractivity contribution in [3.8, 4) is 0 Å². The van der Waals surface area contributed by atoms with Crippen LogP contribution in [0, 0.1) is 0 Å². The highest BCUT2D eigenvalue weighted by Gasteiger charge is 2.14. The van der Waals surface area contributed by atoms with Crippen molar-refractivity contribution in [2.45, 2.75) is 25.4 Å². The normalized spacial score (nSPS) is 18.4. The lowest BCUT2D eigenvalue weighted by molar-refractivity contribution is 0.459. The molecule has 0 aromatic heterocycles. The summed E-state index contributed by atoms with van der Waals surface area (Å²) < 4.78 is 12.3. The fraction of sp³-hybridized carbons (Fsp3) is 0.500. The molecular formula is C12H16FN. The highest BCUT2D eigenvalue weighted by molar-refractivity contribution is 5.25. The highest BCUT2D eigenvalue weighted by atomic mass is 19.1. The first-order valence-corrected chi connectivity index (χ1v) is 5.25. The average molecular weight is 193 g/mol. The van der Waals surface area contributed by atoms with Crippen molar-refractivity contribution < 1.29 is 4.39 Å². The van der Waals surface area contributed by atoms with Gasteiger partial charge in [-0.1, -0.05) is 24.3 Å². The smallest absolute Gasteiger partial charge is 0.115 e. The van der Waals surface area contributed by atoms with Crippen molar-refractivity contribution in [3.63, 3.8) is 0 Å². The van der Waals surface area contributed by atoms with Crippen LogP contribution in [0.4, 0.5) is 4.39 Å². The van der Waals surface area contributed by atoms with E-state index < -0.39 is 0 Å². The van der Waals surface area contributed by atoms with Crippen LogP contribution in [0.2, 0.25) is 0 Å². The molecule has 2 heteroatoms. The maximum atomic E-state index is 12.3. The predicted octanol–water partition coefficient (Wildman–Crippen LogP) is 2.62. The number of nitrogens with one attached hydrogen (secondary N) is 1. The molecule has 1 N–H and O–H groups in total. The zero-order valence-electron chi connectivity index (χ0n) is 8.30. The molecule has 1 saturated heterocycles. The number of benzene rings is 1. The second kappa shape index (κ2) is 4.56. The molecule has 1 aliphatic heterocycles. The zero-order valence-corrected chi connectivity index (χ0v) is 8.30. The molecule has 1 heterocycles. The Bertz CT molecular complexity index is 275. The maximum Gasteiger partial charge on any atom is 0.115 e. The van der Waals surface area contributed by atoms with E-state index in [4.69, 9.17) is 0 Å². The number of alkyl halides is 1. The molecule has 2 rings (SSSR count). The minimum absolute atomic E-state index is 0.355. The van der Waals surface area contributed by atoms with Crippen molar-refractivity contribution >= 4 is 0 Å². The van der Waals surface area contributed by atoms with Crippen LogP contribution in [0.25, 0.3) is 0 Å². The molecule has 0 amide bonds. The molecule has 1 aromatic rings. The number of piperidine rings is 1. The molecule has 1 nitrogen and oxygen atoms in total. The molecule has 1 aromatic carbocycles. The zero-order chi connectivity index (χ0) is 9.80. The molecule has 0 aliphatic carbocycles. The van der Waals surface area contributed by atoms with Crippen LogP contribution in [-0.2, 0) is 6.67 Å². The molecule has 14 heavy (non-hydrogen) atoms. The third-order valence-electron chi connectivity index (χ3n) is 2.94. The molecule has 1 aliphatic rings. The van der Waals surface area contributed by atoms with Crippen LogP contribution in [0.3, 0.4) is 0 Å². The summed E-state index contributed by atoms with van der Waals surface area (Å²) >= 11 is 0. The maximum absolute atomic E-state index is 12.3. The van der Waals surface area contributed by atoms with Gasteiger partial charge in [-0.15, -0.1) is 0 Å². The Morgan fingerprint density at radius 1 is 1.14 bits per heavy atom. The second-order valence-corrected chi connectivity index (χ2v) is 3.90. The summed E-state index contributed by atoms with van der Waals surface area (Å²) in [6.45, 7) is 1.86. The van der Waals surface area contributed by atoms with E-state index in [0.717, 1.165) is 18.7 Å². The fourth-order valence-corrected chi connectivity index (χ4v) is 2.03. The van der Waals surface area contributed by atoms with Crippen molar-refractivity contribution in [3.05, 3.63) is 35.4 Å². The van der Waals surface area contributed by atoms with Crippen molar-refractivity contribution in [1.29, 1.82) is 0 Å². The number of hydrogen-bond acceptors (Lipinski definition) is 1. The first kappa shape index (κ1) is 9.66. The van der Waals surface area contributed by atoms with E-state index in [2.05, 4.69) is 17.4 Å². The fourth-order valence-electron chi connectivity index (χ4n) is 2.03. The third kappa shape index (κ3) is 2.13. The molecule has 0 unspecified atom stereocenters. The molecule has 1 fully saturated rings. The molecular weight excluding hydrogens is 177 g/mol. The molecule has 76 valence electrons. The Kier molecular flexibility index (Phi) is 3.14. The first-order chi connectivity index (χ1) is 6.90. The Morgan fingerprint density at radius 3 is 2.36 bits per heavy atom. The minimum atomic E-state index is -0.355. The van der Waals surface area contributed by atoms with E-state index in [1.807, 2.05) is 12.1 Å². The summed E-state index contributed by atoms with van der Waals surface area (Å²) in [5.74, 6) is 0.671. The average Bonchev–Trinajstić information content (AvgIpc) is 2.30. The van der Waals surface area contributed by atoms with Gasteiger partial charge in [0.1, 0.15) is 6.67 Å². The van der Waals surface area contributed by atoms with Crippen LogP contribution >= 0.6 is 0 Å². The lowest BCUT2D eigenvalue weighted by Gasteiger charge is -2.22. The van der Waals surface area contributed by atoms with Gasteiger partial charge in [0.25, 0.3) is 0 Å². The molecule has 0 radical (unpaired) electrons. The van der Waals surface area contributed by atoms with Gasteiger partial charge < -0.3 is 5.32 Å². The predicted molar refractivity (Wildman–Crippen MR) is 56.1 cm³/mol. The van der Waals surface area contributed by atoms with E-state index >= 15 is 0 Å². The Hall–Kier alpha value is -0.890. The quantitative estimate of drug-likeness (QED) is 0.761. The Morgan fingerprint density at radius 2 is 1.79 bits per heavy atom. The van der Waals surface area contributed by atoms with E-state index in [1.54, 1.807) is 0 Å². The largest absolute Gasteiger partial charge is 0.317 e.